The lowest BCUT2D eigenvalue weighted by atomic mass is 10.0. The van der Waals surface area contributed by atoms with Gasteiger partial charge in [0.25, 0.3) is 0 Å². The van der Waals surface area contributed by atoms with Crippen LogP contribution in [0.2, 0.25) is 5.02 Å². The summed E-state index contributed by atoms with van der Waals surface area (Å²) in [7, 11) is 0. The maximum Gasteiger partial charge on any atom is 0.573 e. The number of alkyl halides is 3. The molecule has 92 valence electrons. The van der Waals surface area contributed by atoms with Crippen LogP contribution in [0.25, 0.3) is 0 Å². The van der Waals surface area contributed by atoms with E-state index in [0.29, 0.717) is 0 Å². The van der Waals surface area contributed by atoms with Crippen molar-refractivity contribution in [3.05, 3.63) is 28.3 Å². The molecule has 0 unspecified atom stereocenters. The van der Waals surface area contributed by atoms with Gasteiger partial charge in [0.2, 0.25) is 0 Å². The Bertz CT molecular complexity index is 469. The third-order valence-electron chi connectivity index (χ3n) is 1.85. The van der Waals surface area contributed by atoms with Gasteiger partial charge >= 0.3 is 6.36 Å². The van der Waals surface area contributed by atoms with Gasteiger partial charge in [-0.1, -0.05) is 11.6 Å². The number of aldehydes is 1. The molecule has 0 atom stereocenters. The molecule has 7 heteroatoms. The first-order chi connectivity index (χ1) is 7.76. The van der Waals surface area contributed by atoms with E-state index >= 15 is 0 Å². The number of ketones is 1. The van der Waals surface area contributed by atoms with Gasteiger partial charge in [0, 0.05) is 0 Å². The highest BCUT2D eigenvalue weighted by Gasteiger charge is 2.33. The molecular weight excluding hydrogens is 261 g/mol. The summed E-state index contributed by atoms with van der Waals surface area (Å²) >= 11 is 5.63. The summed E-state index contributed by atoms with van der Waals surface area (Å²) in [5.41, 5.74) is -0.800. The molecule has 0 aromatic heterocycles. The van der Waals surface area contributed by atoms with Crippen LogP contribution in [0.5, 0.6) is 5.75 Å². The van der Waals surface area contributed by atoms with Crippen LogP contribution in [0.1, 0.15) is 27.6 Å². The van der Waals surface area contributed by atoms with Crippen molar-refractivity contribution in [3.8, 4) is 5.75 Å². The monoisotopic (exact) mass is 266 g/mol. The number of benzene rings is 1. The highest BCUT2D eigenvalue weighted by Crippen LogP contribution is 2.31. The van der Waals surface area contributed by atoms with Gasteiger partial charge in [-0.05, 0) is 19.1 Å². The Labute approximate surface area is 99.1 Å². The van der Waals surface area contributed by atoms with Crippen LogP contribution >= 0.6 is 11.6 Å². The Morgan fingerprint density at radius 1 is 1.41 bits per heavy atom. The lowest BCUT2D eigenvalue weighted by molar-refractivity contribution is -0.274. The van der Waals surface area contributed by atoms with Crippen LogP contribution < -0.4 is 4.74 Å². The van der Waals surface area contributed by atoms with Crippen LogP contribution in [0.4, 0.5) is 13.2 Å². The molecule has 1 rings (SSSR count). The predicted octanol–water partition coefficient (Wildman–Crippen LogP) is 3.25. The molecule has 3 nitrogen and oxygen atoms in total. The third-order valence-corrected chi connectivity index (χ3v) is 2.17. The molecule has 0 saturated heterocycles. The van der Waals surface area contributed by atoms with Gasteiger partial charge in [0.1, 0.15) is 5.75 Å². The van der Waals surface area contributed by atoms with Gasteiger partial charge in [0.15, 0.2) is 12.1 Å². The van der Waals surface area contributed by atoms with Crippen LogP contribution in [-0.2, 0) is 0 Å². The average molecular weight is 267 g/mol. The van der Waals surface area contributed by atoms with Crippen molar-refractivity contribution < 1.29 is 27.5 Å². The Morgan fingerprint density at radius 2 is 2.00 bits per heavy atom. The van der Waals surface area contributed by atoms with Gasteiger partial charge < -0.3 is 4.74 Å². The van der Waals surface area contributed by atoms with Crippen LogP contribution in [-0.4, -0.2) is 18.4 Å². The largest absolute Gasteiger partial charge is 0.573 e. The minimum absolute atomic E-state index is 0.101. The molecule has 0 N–H and O–H groups in total. The molecule has 0 aliphatic rings. The summed E-state index contributed by atoms with van der Waals surface area (Å²) in [4.78, 5) is 21.9. The molecule has 0 saturated carbocycles. The maximum atomic E-state index is 12.0. The zero-order valence-electron chi connectivity index (χ0n) is 8.47. The summed E-state index contributed by atoms with van der Waals surface area (Å²) < 4.78 is 39.7. The molecule has 0 radical (unpaired) electrons. The molecule has 0 spiro atoms. The SMILES string of the molecule is CC(=O)c1c(Cl)ccc(OC(F)(F)F)c1C=O. The second-order valence-corrected chi connectivity index (χ2v) is 3.46. The standard InChI is InChI=1S/C10H6ClF3O3/c1-5(16)9-6(4-15)8(3-2-7(9)11)17-10(12,13)14/h2-4H,1H3. The second kappa shape index (κ2) is 4.75. The number of Topliss-reactive ketones (excluding diaryl/α,β-unsaturated/α-hetero) is 1. The molecule has 0 aliphatic carbocycles. The quantitative estimate of drug-likeness (QED) is 0.623. The minimum atomic E-state index is -4.94. The molecule has 0 bridgehead atoms. The Balaban J connectivity index is 3.38. The zero-order valence-corrected chi connectivity index (χ0v) is 9.22. The van der Waals surface area contributed by atoms with E-state index in [4.69, 9.17) is 11.6 Å². The Kier molecular flexibility index (Phi) is 3.77. The number of carbonyl (C=O) groups is 2. The van der Waals surface area contributed by atoms with E-state index in [-0.39, 0.29) is 16.9 Å². The van der Waals surface area contributed by atoms with Gasteiger partial charge in [0.05, 0.1) is 16.1 Å². The minimum Gasteiger partial charge on any atom is -0.405 e. The van der Waals surface area contributed by atoms with Crippen LogP contribution in [0.15, 0.2) is 12.1 Å². The molecule has 1 aromatic rings. The number of carbonyl (C=O) groups excluding carboxylic acids is 2. The van der Waals surface area contributed by atoms with E-state index in [9.17, 15) is 22.8 Å². The molecule has 0 amide bonds. The lowest BCUT2D eigenvalue weighted by Crippen LogP contribution is -2.19. The summed E-state index contributed by atoms with van der Waals surface area (Å²) in [6.45, 7) is 1.09. The van der Waals surface area contributed by atoms with E-state index in [1.165, 1.54) is 0 Å². The van der Waals surface area contributed by atoms with Crippen LogP contribution in [0, 0.1) is 0 Å². The number of ether oxygens (including phenoxy) is 1. The van der Waals surface area contributed by atoms with Crippen molar-refractivity contribution in [1.29, 1.82) is 0 Å². The first-order valence-corrected chi connectivity index (χ1v) is 4.68. The molecule has 0 heterocycles. The Morgan fingerprint density at radius 3 is 2.41 bits per heavy atom. The van der Waals surface area contributed by atoms with E-state index in [1.807, 2.05) is 0 Å². The normalized spacial score (nSPS) is 11.1. The van der Waals surface area contributed by atoms with Gasteiger partial charge in [-0.3, -0.25) is 9.59 Å². The first-order valence-electron chi connectivity index (χ1n) is 4.30. The number of rotatable bonds is 3. The number of halogens is 4. The summed E-state index contributed by atoms with van der Waals surface area (Å²) in [6, 6.07) is 1.94. The van der Waals surface area contributed by atoms with E-state index in [0.717, 1.165) is 19.1 Å². The highest BCUT2D eigenvalue weighted by molar-refractivity contribution is 6.34. The molecule has 17 heavy (non-hydrogen) atoms. The van der Waals surface area contributed by atoms with E-state index < -0.39 is 23.5 Å². The summed E-state index contributed by atoms with van der Waals surface area (Å²) in [5.74, 6) is -1.37. The fraction of sp³-hybridized carbons (Fsp3) is 0.200. The highest BCUT2D eigenvalue weighted by atomic mass is 35.5. The van der Waals surface area contributed by atoms with E-state index in [2.05, 4.69) is 4.74 Å². The van der Waals surface area contributed by atoms with Crippen molar-refractivity contribution in [2.45, 2.75) is 13.3 Å². The topological polar surface area (TPSA) is 43.4 Å². The maximum absolute atomic E-state index is 12.0. The van der Waals surface area contributed by atoms with Crippen molar-refractivity contribution in [3.63, 3.8) is 0 Å². The van der Waals surface area contributed by atoms with Crippen molar-refractivity contribution in [2.75, 3.05) is 0 Å². The molecule has 0 aliphatic heterocycles. The van der Waals surface area contributed by atoms with Crippen molar-refractivity contribution in [1.82, 2.24) is 0 Å². The van der Waals surface area contributed by atoms with Crippen LogP contribution in [0.3, 0.4) is 0 Å². The third kappa shape index (κ3) is 3.20. The fourth-order valence-corrected chi connectivity index (χ4v) is 1.56. The lowest BCUT2D eigenvalue weighted by Gasteiger charge is -2.13. The average Bonchev–Trinajstić information content (AvgIpc) is 2.17. The molecular formula is C10H6ClF3O3. The molecule has 1 aromatic carbocycles. The van der Waals surface area contributed by atoms with Gasteiger partial charge in [-0.2, -0.15) is 0 Å². The van der Waals surface area contributed by atoms with Crippen molar-refractivity contribution in [2.24, 2.45) is 0 Å². The summed E-state index contributed by atoms with van der Waals surface area (Å²) in [5, 5.41) is -0.103. The smallest absolute Gasteiger partial charge is 0.405 e. The number of hydrogen-bond acceptors (Lipinski definition) is 3. The Hall–Kier alpha value is -1.56. The second-order valence-electron chi connectivity index (χ2n) is 3.06. The zero-order chi connectivity index (χ0) is 13.2. The number of hydrogen-bond donors (Lipinski definition) is 0. The van der Waals surface area contributed by atoms with E-state index in [1.54, 1.807) is 0 Å². The van der Waals surface area contributed by atoms with Gasteiger partial charge in [-0.15, -0.1) is 13.2 Å². The van der Waals surface area contributed by atoms with Crippen molar-refractivity contribution >= 4 is 23.7 Å². The summed E-state index contributed by atoms with van der Waals surface area (Å²) in [6.07, 6.45) is -4.84. The predicted molar refractivity (Wildman–Crippen MR) is 53.5 cm³/mol. The van der Waals surface area contributed by atoms with Gasteiger partial charge in [-0.25, -0.2) is 0 Å². The first kappa shape index (κ1) is 13.5. The fourth-order valence-electron chi connectivity index (χ4n) is 1.26. The molecule has 0 fully saturated rings.